The summed E-state index contributed by atoms with van der Waals surface area (Å²) in [6.45, 7) is 0. The van der Waals surface area contributed by atoms with Crippen molar-refractivity contribution in [2.45, 2.75) is 6.18 Å². The second-order valence-corrected chi connectivity index (χ2v) is 6.18. The molecule has 28 heavy (non-hydrogen) atoms. The van der Waals surface area contributed by atoms with E-state index in [0.29, 0.717) is 17.0 Å². The Morgan fingerprint density at radius 3 is 2.46 bits per heavy atom. The Labute approximate surface area is 163 Å². The third-order valence-electron chi connectivity index (χ3n) is 4.09. The zero-order chi connectivity index (χ0) is 20.6. The summed E-state index contributed by atoms with van der Waals surface area (Å²) in [5, 5.41) is 6.53. The van der Waals surface area contributed by atoms with Gasteiger partial charge in [0.25, 0.3) is 0 Å². The number of rotatable bonds is 4. The van der Waals surface area contributed by atoms with Crippen LogP contribution in [0.15, 0.2) is 24.4 Å². The summed E-state index contributed by atoms with van der Waals surface area (Å²) in [5.74, 6) is -0.460. The largest absolute Gasteiger partial charge is 0.496 e. The lowest BCUT2D eigenvalue weighted by Gasteiger charge is -2.18. The molecule has 3 rings (SSSR count). The first kappa shape index (κ1) is 19.7. The fraction of sp³-hybridized carbons (Fsp3) is 0.235. The van der Waals surface area contributed by atoms with Gasteiger partial charge in [-0.15, -0.1) is 0 Å². The van der Waals surface area contributed by atoms with E-state index in [4.69, 9.17) is 22.1 Å². The molecule has 1 aromatic carbocycles. The van der Waals surface area contributed by atoms with Crippen LogP contribution < -0.4 is 15.8 Å². The maximum absolute atomic E-state index is 13.7. The van der Waals surface area contributed by atoms with Gasteiger partial charge in [0.05, 0.1) is 23.5 Å². The van der Waals surface area contributed by atoms with Gasteiger partial charge in [-0.25, -0.2) is 4.98 Å². The summed E-state index contributed by atoms with van der Waals surface area (Å²) in [6.07, 6.45) is -3.15. The van der Waals surface area contributed by atoms with Crippen molar-refractivity contribution in [3.05, 3.63) is 35.0 Å². The third kappa shape index (κ3) is 3.42. The van der Waals surface area contributed by atoms with E-state index in [1.54, 1.807) is 24.0 Å². The van der Waals surface area contributed by atoms with E-state index < -0.39 is 23.3 Å². The molecule has 2 aromatic heterocycles. The van der Waals surface area contributed by atoms with Crippen molar-refractivity contribution in [2.24, 2.45) is 7.05 Å². The van der Waals surface area contributed by atoms with Gasteiger partial charge in [0.2, 0.25) is 5.95 Å². The molecule has 148 valence electrons. The molecule has 0 bridgehead atoms. The van der Waals surface area contributed by atoms with E-state index in [2.05, 4.69) is 20.4 Å². The summed E-state index contributed by atoms with van der Waals surface area (Å²) in [7, 11) is 4.45. The highest BCUT2D eigenvalue weighted by atomic mass is 35.5. The zero-order valence-corrected chi connectivity index (χ0v) is 15.9. The molecule has 0 saturated carbocycles. The van der Waals surface area contributed by atoms with Gasteiger partial charge in [-0.05, 0) is 18.2 Å². The van der Waals surface area contributed by atoms with E-state index >= 15 is 0 Å². The Hall–Kier alpha value is -3.01. The fourth-order valence-electron chi connectivity index (χ4n) is 2.86. The van der Waals surface area contributed by atoms with Gasteiger partial charge < -0.3 is 15.8 Å². The molecule has 0 aliphatic carbocycles. The normalized spacial score (nSPS) is 11.5. The van der Waals surface area contributed by atoms with Gasteiger partial charge in [-0.3, -0.25) is 4.68 Å². The number of aryl methyl sites for hydroxylation is 1. The molecular formula is C17H16ClF3N6O. The topological polar surface area (TPSA) is 90.9 Å². The average molecular weight is 413 g/mol. The van der Waals surface area contributed by atoms with Crippen molar-refractivity contribution in [1.29, 1.82) is 0 Å². The Balaban J connectivity index is 2.31. The van der Waals surface area contributed by atoms with Crippen LogP contribution in [-0.2, 0) is 13.2 Å². The Kier molecular flexibility index (Phi) is 5.07. The van der Waals surface area contributed by atoms with E-state index in [9.17, 15) is 13.2 Å². The molecule has 3 N–H and O–H groups in total. The number of hydrogen-bond donors (Lipinski definition) is 2. The molecule has 3 aromatic rings. The van der Waals surface area contributed by atoms with E-state index in [0.717, 1.165) is 0 Å². The quantitative estimate of drug-likeness (QED) is 0.676. The number of benzene rings is 1. The predicted molar refractivity (Wildman–Crippen MR) is 100 cm³/mol. The summed E-state index contributed by atoms with van der Waals surface area (Å²) < 4.78 is 48.2. The van der Waals surface area contributed by atoms with Crippen molar-refractivity contribution in [1.82, 2.24) is 19.7 Å². The monoisotopic (exact) mass is 412 g/mol. The van der Waals surface area contributed by atoms with Gasteiger partial charge in [0, 0.05) is 31.4 Å². The molecule has 0 aliphatic heterocycles. The molecule has 0 saturated heterocycles. The van der Waals surface area contributed by atoms with Crippen molar-refractivity contribution in [2.75, 3.05) is 25.2 Å². The number of methoxy groups -OCH3 is 1. The van der Waals surface area contributed by atoms with Crippen LogP contribution in [0.3, 0.4) is 0 Å². The smallest absolute Gasteiger partial charge is 0.422 e. The molecule has 7 nitrogen and oxygen atoms in total. The molecule has 0 aliphatic rings. The number of alkyl halides is 3. The van der Waals surface area contributed by atoms with Gasteiger partial charge in [-0.2, -0.15) is 23.3 Å². The molecule has 0 radical (unpaired) electrons. The van der Waals surface area contributed by atoms with Crippen LogP contribution in [0.5, 0.6) is 5.75 Å². The van der Waals surface area contributed by atoms with Crippen LogP contribution in [0.1, 0.15) is 5.56 Å². The van der Waals surface area contributed by atoms with Crippen molar-refractivity contribution < 1.29 is 17.9 Å². The molecular weight excluding hydrogens is 397 g/mol. The van der Waals surface area contributed by atoms with Crippen LogP contribution in [0.2, 0.25) is 5.02 Å². The standard InChI is InChI=1S/C17H16ClF3N6O/c1-23-15-13(17(19,20)21)14(25-16(22)26-15)8-7-12(28-3)9(6-10(8)18)11-4-5-24-27(11)2/h4-7H,1-3H3,(H3,22,23,25,26). The predicted octanol–water partition coefficient (Wildman–Crippen LogP) is 3.85. The summed E-state index contributed by atoms with van der Waals surface area (Å²) in [6, 6.07) is 4.63. The van der Waals surface area contributed by atoms with Crippen LogP contribution in [0.4, 0.5) is 24.9 Å². The van der Waals surface area contributed by atoms with Crippen LogP contribution in [0, 0.1) is 0 Å². The number of nitrogens with two attached hydrogens (primary N) is 1. The molecule has 0 spiro atoms. The number of nitrogens with zero attached hydrogens (tertiary/aromatic N) is 4. The first-order chi connectivity index (χ1) is 13.2. The Bertz CT molecular complexity index is 1030. The minimum atomic E-state index is -4.74. The van der Waals surface area contributed by atoms with Crippen molar-refractivity contribution in [3.63, 3.8) is 0 Å². The molecule has 0 fully saturated rings. The van der Waals surface area contributed by atoms with E-state index in [1.807, 2.05) is 0 Å². The molecule has 0 unspecified atom stereocenters. The van der Waals surface area contributed by atoms with Crippen LogP contribution in [-0.4, -0.2) is 33.9 Å². The first-order valence-electron chi connectivity index (χ1n) is 7.96. The first-order valence-corrected chi connectivity index (χ1v) is 8.34. The highest BCUT2D eigenvalue weighted by molar-refractivity contribution is 6.33. The van der Waals surface area contributed by atoms with Crippen LogP contribution >= 0.6 is 11.6 Å². The SMILES string of the molecule is CNc1nc(N)nc(-c2cc(OC)c(-c3ccnn3C)cc2Cl)c1C(F)(F)F. The van der Waals surface area contributed by atoms with E-state index in [1.165, 1.54) is 26.3 Å². The van der Waals surface area contributed by atoms with Gasteiger partial charge in [-0.1, -0.05) is 11.6 Å². The number of ether oxygens (including phenoxy) is 1. The highest BCUT2D eigenvalue weighted by Gasteiger charge is 2.39. The lowest BCUT2D eigenvalue weighted by atomic mass is 10.0. The summed E-state index contributed by atoms with van der Waals surface area (Å²) >= 11 is 6.36. The maximum atomic E-state index is 13.7. The third-order valence-corrected chi connectivity index (χ3v) is 4.40. The fourth-order valence-corrected chi connectivity index (χ4v) is 3.12. The van der Waals surface area contributed by atoms with Gasteiger partial charge in [0.15, 0.2) is 0 Å². The Morgan fingerprint density at radius 1 is 1.21 bits per heavy atom. The minimum absolute atomic E-state index is 0.0161. The molecule has 11 heteroatoms. The summed E-state index contributed by atoms with van der Waals surface area (Å²) in [5.41, 5.74) is 5.37. The van der Waals surface area contributed by atoms with Gasteiger partial charge in [0.1, 0.15) is 17.1 Å². The minimum Gasteiger partial charge on any atom is -0.496 e. The molecule has 0 amide bonds. The van der Waals surface area contributed by atoms with Crippen LogP contribution in [0.25, 0.3) is 22.5 Å². The lowest BCUT2D eigenvalue weighted by molar-refractivity contribution is -0.136. The second-order valence-electron chi connectivity index (χ2n) is 5.77. The number of nitrogen functional groups attached to an aromatic ring is 1. The average Bonchev–Trinajstić information content (AvgIpc) is 3.05. The number of aromatic nitrogens is 4. The van der Waals surface area contributed by atoms with Gasteiger partial charge >= 0.3 is 6.18 Å². The Morgan fingerprint density at radius 2 is 1.93 bits per heavy atom. The number of nitrogens with one attached hydrogen (secondary N) is 1. The molecule has 0 atom stereocenters. The van der Waals surface area contributed by atoms with Crippen molar-refractivity contribution in [3.8, 4) is 28.3 Å². The zero-order valence-electron chi connectivity index (χ0n) is 15.1. The van der Waals surface area contributed by atoms with E-state index in [-0.39, 0.29) is 16.5 Å². The highest BCUT2D eigenvalue weighted by Crippen LogP contribution is 2.45. The van der Waals surface area contributed by atoms with Crippen molar-refractivity contribution >= 4 is 23.4 Å². The molecule has 2 heterocycles. The summed E-state index contributed by atoms with van der Waals surface area (Å²) in [4.78, 5) is 7.45. The lowest BCUT2D eigenvalue weighted by Crippen LogP contribution is -2.15. The second kappa shape index (κ2) is 7.19. The number of hydrogen-bond acceptors (Lipinski definition) is 6. The number of anilines is 2. The maximum Gasteiger partial charge on any atom is 0.422 e. The number of halogens is 4.